The molecule has 3 aromatic carbocycles. The molecule has 0 aliphatic carbocycles. The zero-order valence-electron chi connectivity index (χ0n) is 15.5. The summed E-state index contributed by atoms with van der Waals surface area (Å²) in [6.45, 7) is 0. The van der Waals surface area contributed by atoms with Crippen molar-refractivity contribution in [3.63, 3.8) is 0 Å². The largest absolute Gasteiger partial charge is 0.508 e. The van der Waals surface area contributed by atoms with Crippen LogP contribution in [0.1, 0.15) is 41.4 Å². The Morgan fingerprint density at radius 3 is 1.83 bits per heavy atom. The van der Waals surface area contributed by atoms with Crippen LogP contribution in [-0.4, -0.2) is 28.7 Å². The van der Waals surface area contributed by atoms with Gasteiger partial charge in [-0.2, -0.15) is 0 Å². The van der Waals surface area contributed by atoms with Crippen LogP contribution in [0, 0.1) is 0 Å². The molecule has 148 valence electrons. The first kappa shape index (κ1) is 18.9. The highest BCUT2D eigenvalue weighted by molar-refractivity contribution is 6.34. The number of carbonyl (C=O) groups is 4. The lowest BCUT2D eigenvalue weighted by molar-refractivity contribution is 0.0846. The van der Waals surface area contributed by atoms with Gasteiger partial charge in [0.1, 0.15) is 5.75 Å². The lowest BCUT2D eigenvalue weighted by Crippen LogP contribution is -2.41. The Bertz CT molecular complexity index is 1150. The monoisotopic (exact) mass is 401 g/mol. The van der Waals surface area contributed by atoms with Crippen LogP contribution in [0.15, 0.2) is 72.8 Å². The van der Waals surface area contributed by atoms with Crippen LogP contribution in [0.5, 0.6) is 5.75 Å². The van der Waals surface area contributed by atoms with Crippen LogP contribution < -0.4 is 15.8 Å². The van der Waals surface area contributed by atoms with Crippen molar-refractivity contribution >= 4 is 29.3 Å². The van der Waals surface area contributed by atoms with Gasteiger partial charge in [0, 0.05) is 11.1 Å². The van der Waals surface area contributed by atoms with Gasteiger partial charge in [-0.15, -0.1) is 0 Å². The number of amides is 4. The first-order valence-electron chi connectivity index (χ1n) is 8.93. The van der Waals surface area contributed by atoms with Gasteiger partial charge in [-0.3, -0.25) is 30.0 Å². The van der Waals surface area contributed by atoms with Gasteiger partial charge < -0.3 is 5.11 Å². The summed E-state index contributed by atoms with van der Waals surface area (Å²) >= 11 is 0. The fraction of sp³-hybridized carbons (Fsp3) is 0. The molecular weight excluding hydrogens is 386 g/mol. The zero-order valence-corrected chi connectivity index (χ0v) is 15.5. The fourth-order valence-electron chi connectivity index (χ4n) is 3.09. The summed E-state index contributed by atoms with van der Waals surface area (Å²) in [4.78, 5) is 50.4. The van der Waals surface area contributed by atoms with Crippen LogP contribution in [0.25, 0.3) is 0 Å². The van der Waals surface area contributed by atoms with Crippen LogP contribution >= 0.6 is 0 Å². The van der Waals surface area contributed by atoms with E-state index in [2.05, 4.69) is 10.9 Å². The number of hydrogen-bond acceptors (Lipinski definition) is 5. The number of nitrogens with zero attached hydrogens (tertiary/aromatic N) is 1. The first-order chi connectivity index (χ1) is 14.5. The molecular formula is C22H15N3O5. The maximum Gasteiger partial charge on any atom is 0.269 e. The normalized spacial score (nSPS) is 12.5. The number of phenols is 1. The van der Waals surface area contributed by atoms with E-state index in [1.807, 2.05) is 0 Å². The van der Waals surface area contributed by atoms with Crippen molar-refractivity contribution in [1.82, 2.24) is 10.9 Å². The minimum atomic E-state index is -0.595. The molecule has 0 atom stereocenters. The van der Waals surface area contributed by atoms with Crippen LogP contribution in [0.2, 0.25) is 0 Å². The number of hydrogen-bond donors (Lipinski definition) is 3. The number of anilines is 1. The molecule has 4 amide bonds. The maximum absolute atomic E-state index is 12.5. The molecule has 0 unspecified atom stereocenters. The van der Waals surface area contributed by atoms with Gasteiger partial charge in [-0.25, -0.2) is 4.90 Å². The number of phenolic OH excluding ortho intramolecular Hbond substituents is 1. The van der Waals surface area contributed by atoms with E-state index in [1.165, 1.54) is 48.5 Å². The number of aromatic hydroxyl groups is 1. The van der Waals surface area contributed by atoms with E-state index in [1.54, 1.807) is 24.3 Å². The molecule has 0 aromatic heterocycles. The van der Waals surface area contributed by atoms with E-state index in [4.69, 9.17) is 0 Å². The number of carbonyl (C=O) groups excluding carboxylic acids is 4. The summed E-state index contributed by atoms with van der Waals surface area (Å²) in [5.41, 5.74) is 5.91. The highest BCUT2D eigenvalue weighted by Crippen LogP contribution is 2.28. The minimum Gasteiger partial charge on any atom is -0.508 e. The van der Waals surface area contributed by atoms with Crippen molar-refractivity contribution in [2.75, 3.05) is 4.90 Å². The average molecular weight is 401 g/mol. The highest BCUT2D eigenvalue weighted by atomic mass is 16.3. The molecule has 0 bridgehead atoms. The standard InChI is InChI=1S/C22H15N3O5/c26-16-5-3-4-14(12-16)20(28)24-23-19(27)13-8-10-15(11-9-13)25-21(29)17-6-1-2-7-18(17)22(25)30/h1-12,26H,(H,23,27)(H,24,28). The summed E-state index contributed by atoms with van der Waals surface area (Å²) in [6.07, 6.45) is 0. The van der Waals surface area contributed by atoms with Gasteiger partial charge in [0.15, 0.2) is 0 Å². The molecule has 0 saturated carbocycles. The summed E-state index contributed by atoms with van der Waals surface area (Å²) in [6, 6.07) is 18.1. The van der Waals surface area contributed by atoms with Gasteiger partial charge in [-0.1, -0.05) is 18.2 Å². The van der Waals surface area contributed by atoms with E-state index in [9.17, 15) is 24.3 Å². The van der Waals surface area contributed by atoms with Gasteiger partial charge in [0.25, 0.3) is 23.6 Å². The van der Waals surface area contributed by atoms with Crippen molar-refractivity contribution < 1.29 is 24.3 Å². The Balaban J connectivity index is 1.44. The molecule has 1 aliphatic rings. The molecule has 0 fully saturated rings. The number of rotatable bonds is 3. The second-order valence-electron chi connectivity index (χ2n) is 6.50. The molecule has 30 heavy (non-hydrogen) atoms. The van der Waals surface area contributed by atoms with Crippen molar-refractivity contribution in [3.05, 3.63) is 95.1 Å². The third-order valence-corrected chi connectivity index (χ3v) is 4.58. The van der Waals surface area contributed by atoms with Crippen molar-refractivity contribution in [3.8, 4) is 5.75 Å². The minimum absolute atomic E-state index is 0.0716. The Labute approximate surface area is 170 Å². The quantitative estimate of drug-likeness (QED) is 0.460. The molecule has 3 aromatic rings. The highest BCUT2D eigenvalue weighted by Gasteiger charge is 2.36. The van der Waals surface area contributed by atoms with Gasteiger partial charge in [0.2, 0.25) is 0 Å². The van der Waals surface area contributed by atoms with Crippen molar-refractivity contribution in [2.45, 2.75) is 0 Å². The number of nitrogens with one attached hydrogen (secondary N) is 2. The van der Waals surface area contributed by atoms with Gasteiger partial charge in [-0.05, 0) is 54.6 Å². The number of imide groups is 1. The Hall–Kier alpha value is -4.46. The molecule has 0 radical (unpaired) electrons. The van der Waals surface area contributed by atoms with E-state index >= 15 is 0 Å². The molecule has 8 heteroatoms. The topological polar surface area (TPSA) is 116 Å². The summed E-state index contributed by atoms with van der Waals surface area (Å²) in [7, 11) is 0. The number of fused-ring (bicyclic) bond motifs is 1. The van der Waals surface area contributed by atoms with Crippen LogP contribution in [-0.2, 0) is 0 Å². The van der Waals surface area contributed by atoms with E-state index in [0.29, 0.717) is 16.8 Å². The SMILES string of the molecule is O=C(NNC(=O)c1cccc(O)c1)c1ccc(N2C(=O)c3ccccc3C2=O)cc1. The Morgan fingerprint density at radius 2 is 1.27 bits per heavy atom. The van der Waals surface area contributed by atoms with E-state index in [0.717, 1.165) is 4.90 Å². The summed E-state index contributed by atoms with van der Waals surface area (Å²) in [5, 5.41) is 9.41. The smallest absolute Gasteiger partial charge is 0.269 e. The predicted octanol–water partition coefficient (Wildman–Crippen LogP) is 2.27. The zero-order chi connectivity index (χ0) is 21.3. The van der Waals surface area contributed by atoms with Crippen molar-refractivity contribution in [2.24, 2.45) is 0 Å². The third kappa shape index (κ3) is 3.37. The number of hydrazine groups is 1. The fourth-order valence-corrected chi connectivity index (χ4v) is 3.09. The molecule has 0 spiro atoms. The average Bonchev–Trinajstić information content (AvgIpc) is 3.02. The molecule has 1 heterocycles. The Kier molecular flexibility index (Phi) is 4.73. The third-order valence-electron chi connectivity index (χ3n) is 4.58. The molecule has 3 N–H and O–H groups in total. The van der Waals surface area contributed by atoms with Gasteiger partial charge >= 0.3 is 0 Å². The number of benzene rings is 3. The maximum atomic E-state index is 12.5. The summed E-state index contributed by atoms with van der Waals surface area (Å²) < 4.78 is 0. The van der Waals surface area contributed by atoms with Crippen LogP contribution in [0.3, 0.4) is 0 Å². The predicted molar refractivity (Wildman–Crippen MR) is 107 cm³/mol. The molecule has 4 rings (SSSR count). The lowest BCUT2D eigenvalue weighted by Gasteiger charge is -2.14. The second kappa shape index (κ2) is 7.51. The Morgan fingerprint density at radius 1 is 0.700 bits per heavy atom. The molecule has 8 nitrogen and oxygen atoms in total. The van der Waals surface area contributed by atoms with Gasteiger partial charge in [0.05, 0.1) is 16.8 Å². The van der Waals surface area contributed by atoms with E-state index < -0.39 is 23.6 Å². The lowest BCUT2D eigenvalue weighted by atomic mass is 10.1. The molecule has 1 aliphatic heterocycles. The molecule has 0 saturated heterocycles. The first-order valence-corrected chi connectivity index (χ1v) is 8.93. The van der Waals surface area contributed by atoms with Crippen molar-refractivity contribution in [1.29, 1.82) is 0 Å². The second-order valence-corrected chi connectivity index (χ2v) is 6.50. The van der Waals surface area contributed by atoms with E-state index in [-0.39, 0.29) is 16.9 Å². The van der Waals surface area contributed by atoms with Crippen LogP contribution in [0.4, 0.5) is 5.69 Å². The summed E-state index contributed by atoms with van der Waals surface area (Å²) in [5.74, 6) is -2.10.